The zero-order valence-electron chi connectivity index (χ0n) is 16.8. The Morgan fingerprint density at radius 3 is 2.69 bits per heavy atom. The molecule has 29 heavy (non-hydrogen) atoms. The van der Waals surface area contributed by atoms with Crippen LogP contribution in [0.25, 0.3) is 11.4 Å². The first kappa shape index (κ1) is 19.1. The summed E-state index contributed by atoms with van der Waals surface area (Å²) in [7, 11) is 0. The summed E-state index contributed by atoms with van der Waals surface area (Å²) in [4.78, 5) is 25.3. The topological polar surface area (TPSA) is 75.4 Å². The van der Waals surface area contributed by atoms with Crippen LogP contribution in [-0.2, 0) is 11.2 Å². The number of benzene rings is 1. The highest BCUT2D eigenvalue weighted by Crippen LogP contribution is 2.24. The molecule has 1 fully saturated rings. The van der Waals surface area contributed by atoms with Crippen molar-refractivity contribution in [1.29, 1.82) is 0 Å². The molecule has 7 heteroatoms. The average Bonchev–Trinajstić information content (AvgIpc) is 3.24. The molecule has 0 aliphatic carbocycles. The predicted octanol–water partition coefficient (Wildman–Crippen LogP) is 3.03. The molecule has 1 aliphatic rings. The zero-order chi connectivity index (χ0) is 20.2. The van der Waals surface area contributed by atoms with E-state index in [2.05, 4.69) is 52.1 Å². The smallest absolute Gasteiger partial charge is 0.227 e. The number of carbonyl (C=O) groups excluding carboxylic acids is 1. The van der Waals surface area contributed by atoms with Crippen LogP contribution >= 0.6 is 0 Å². The van der Waals surface area contributed by atoms with E-state index in [-0.39, 0.29) is 5.91 Å². The van der Waals surface area contributed by atoms with Gasteiger partial charge in [0.05, 0.1) is 0 Å². The summed E-state index contributed by atoms with van der Waals surface area (Å²) < 4.78 is 5.29. The van der Waals surface area contributed by atoms with E-state index in [4.69, 9.17) is 4.52 Å². The van der Waals surface area contributed by atoms with Gasteiger partial charge in [0.15, 0.2) is 0 Å². The average molecular weight is 391 g/mol. The first-order valence-corrected chi connectivity index (χ1v) is 9.94. The van der Waals surface area contributed by atoms with Gasteiger partial charge < -0.3 is 14.3 Å². The lowest BCUT2D eigenvalue weighted by Crippen LogP contribution is -2.49. The molecule has 1 aromatic carbocycles. The van der Waals surface area contributed by atoms with E-state index >= 15 is 0 Å². The monoisotopic (exact) mass is 391 g/mol. The largest absolute Gasteiger partial charge is 0.368 e. The normalized spacial score (nSPS) is 14.3. The zero-order valence-corrected chi connectivity index (χ0v) is 16.8. The number of hydrogen-bond donors (Lipinski definition) is 0. The van der Waals surface area contributed by atoms with Gasteiger partial charge in [-0.3, -0.25) is 9.78 Å². The molecule has 0 N–H and O–H groups in total. The van der Waals surface area contributed by atoms with E-state index in [9.17, 15) is 4.79 Å². The number of hydrogen-bond acceptors (Lipinski definition) is 6. The van der Waals surface area contributed by atoms with Gasteiger partial charge in [0.2, 0.25) is 17.6 Å². The Bertz CT molecular complexity index is 978. The summed E-state index contributed by atoms with van der Waals surface area (Å²) in [6.07, 6.45) is 4.21. The Balaban J connectivity index is 1.29. The van der Waals surface area contributed by atoms with E-state index < -0.39 is 0 Å². The number of pyridine rings is 1. The third-order valence-electron chi connectivity index (χ3n) is 5.49. The van der Waals surface area contributed by atoms with Crippen molar-refractivity contribution in [3.63, 3.8) is 0 Å². The van der Waals surface area contributed by atoms with E-state index in [1.807, 2.05) is 17.0 Å². The SMILES string of the molecule is Cc1cccc(N2CCN(C(=O)CCc3nc(-c4cccnc4)no3)CC2)c1C. The molecule has 0 radical (unpaired) electrons. The molecule has 3 heterocycles. The summed E-state index contributed by atoms with van der Waals surface area (Å²) in [5, 5.41) is 3.98. The van der Waals surface area contributed by atoms with Gasteiger partial charge in [-0.1, -0.05) is 17.3 Å². The molecule has 7 nitrogen and oxygen atoms in total. The van der Waals surface area contributed by atoms with Crippen LogP contribution in [0.15, 0.2) is 47.2 Å². The van der Waals surface area contributed by atoms with Gasteiger partial charge in [-0.25, -0.2) is 0 Å². The van der Waals surface area contributed by atoms with Crippen molar-refractivity contribution in [1.82, 2.24) is 20.0 Å². The second kappa shape index (κ2) is 8.43. The molecule has 0 spiro atoms. The van der Waals surface area contributed by atoms with Crippen LogP contribution in [-0.4, -0.2) is 52.1 Å². The standard InChI is InChI=1S/C22H25N5O2/c1-16-5-3-7-19(17(16)2)26-11-13-27(14-12-26)21(28)9-8-20-24-22(25-29-20)18-6-4-10-23-15-18/h3-7,10,15H,8-9,11-14H2,1-2H3. The third kappa shape index (κ3) is 4.29. The molecule has 2 aromatic heterocycles. The number of rotatable bonds is 5. The van der Waals surface area contributed by atoms with Crippen LogP contribution < -0.4 is 4.90 Å². The Hall–Kier alpha value is -3.22. The quantitative estimate of drug-likeness (QED) is 0.665. The van der Waals surface area contributed by atoms with Crippen molar-refractivity contribution in [2.45, 2.75) is 26.7 Å². The van der Waals surface area contributed by atoms with E-state index in [1.54, 1.807) is 12.4 Å². The molecule has 0 bridgehead atoms. The molecule has 150 valence electrons. The Morgan fingerprint density at radius 1 is 1.10 bits per heavy atom. The molecule has 1 amide bonds. The highest BCUT2D eigenvalue weighted by atomic mass is 16.5. The highest BCUT2D eigenvalue weighted by molar-refractivity contribution is 5.76. The van der Waals surface area contributed by atoms with Gasteiger partial charge in [-0.05, 0) is 43.2 Å². The Kier molecular flexibility index (Phi) is 5.55. The van der Waals surface area contributed by atoms with Crippen LogP contribution in [0.1, 0.15) is 23.4 Å². The minimum absolute atomic E-state index is 0.131. The van der Waals surface area contributed by atoms with Crippen molar-refractivity contribution >= 4 is 11.6 Å². The van der Waals surface area contributed by atoms with E-state index in [1.165, 1.54) is 16.8 Å². The first-order valence-electron chi connectivity index (χ1n) is 9.94. The van der Waals surface area contributed by atoms with Crippen LogP contribution in [0.5, 0.6) is 0 Å². The minimum Gasteiger partial charge on any atom is -0.368 e. The maximum absolute atomic E-state index is 12.6. The van der Waals surface area contributed by atoms with Gasteiger partial charge in [0, 0.05) is 62.7 Å². The fraction of sp³-hybridized carbons (Fsp3) is 0.364. The molecule has 0 saturated carbocycles. The number of carbonyl (C=O) groups is 1. The van der Waals surface area contributed by atoms with Crippen LogP contribution in [0, 0.1) is 13.8 Å². The number of nitrogens with zero attached hydrogens (tertiary/aromatic N) is 5. The number of aryl methyl sites for hydroxylation is 2. The van der Waals surface area contributed by atoms with Gasteiger partial charge in [0.25, 0.3) is 0 Å². The van der Waals surface area contributed by atoms with Crippen LogP contribution in [0.2, 0.25) is 0 Å². The Labute approximate surface area is 170 Å². The highest BCUT2D eigenvalue weighted by Gasteiger charge is 2.22. The lowest BCUT2D eigenvalue weighted by atomic mass is 10.1. The maximum atomic E-state index is 12.6. The number of piperazine rings is 1. The summed E-state index contributed by atoms with van der Waals surface area (Å²) >= 11 is 0. The summed E-state index contributed by atoms with van der Waals surface area (Å²) in [5.74, 6) is 1.11. The number of amides is 1. The second-order valence-corrected chi connectivity index (χ2v) is 7.34. The van der Waals surface area contributed by atoms with Gasteiger partial charge in [-0.2, -0.15) is 4.98 Å². The molecule has 1 aliphatic heterocycles. The lowest BCUT2D eigenvalue weighted by molar-refractivity contribution is -0.131. The molecule has 0 unspecified atom stereocenters. The van der Waals surface area contributed by atoms with Crippen molar-refractivity contribution < 1.29 is 9.32 Å². The van der Waals surface area contributed by atoms with Gasteiger partial charge in [-0.15, -0.1) is 0 Å². The number of anilines is 1. The molecule has 3 aromatic rings. The maximum Gasteiger partial charge on any atom is 0.227 e. The summed E-state index contributed by atoms with van der Waals surface area (Å²) in [6, 6.07) is 10.1. The molecule has 0 atom stereocenters. The molecular formula is C22H25N5O2. The first-order chi connectivity index (χ1) is 14.1. The van der Waals surface area contributed by atoms with Gasteiger partial charge >= 0.3 is 0 Å². The van der Waals surface area contributed by atoms with E-state index in [0.717, 1.165) is 31.7 Å². The number of aromatic nitrogens is 3. The van der Waals surface area contributed by atoms with E-state index in [0.29, 0.717) is 24.6 Å². The van der Waals surface area contributed by atoms with Crippen molar-refractivity contribution in [2.75, 3.05) is 31.1 Å². The van der Waals surface area contributed by atoms with Crippen LogP contribution in [0.4, 0.5) is 5.69 Å². The summed E-state index contributed by atoms with van der Waals surface area (Å²) in [6.45, 7) is 7.46. The third-order valence-corrected chi connectivity index (χ3v) is 5.49. The fourth-order valence-corrected chi connectivity index (χ4v) is 3.62. The van der Waals surface area contributed by atoms with Crippen molar-refractivity contribution in [3.05, 3.63) is 59.7 Å². The van der Waals surface area contributed by atoms with Gasteiger partial charge in [0.1, 0.15) is 0 Å². The van der Waals surface area contributed by atoms with Crippen LogP contribution in [0.3, 0.4) is 0 Å². The lowest BCUT2D eigenvalue weighted by Gasteiger charge is -2.37. The minimum atomic E-state index is 0.131. The van der Waals surface area contributed by atoms with Crippen molar-refractivity contribution in [2.24, 2.45) is 0 Å². The second-order valence-electron chi connectivity index (χ2n) is 7.34. The molecule has 1 saturated heterocycles. The van der Waals surface area contributed by atoms with Crippen molar-refractivity contribution in [3.8, 4) is 11.4 Å². The fourth-order valence-electron chi connectivity index (χ4n) is 3.62. The Morgan fingerprint density at radius 2 is 1.93 bits per heavy atom. The summed E-state index contributed by atoms with van der Waals surface area (Å²) in [5.41, 5.74) is 4.68. The molecule has 4 rings (SSSR count). The molecular weight excluding hydrogens is 366 g/mol. The predicted molar refractivity (Wildman–Crippen MR) is 111 cm³/mol.